The molecule has 1 rings (SSSR count). The van der Waals surface area contributed by atoms with Gasteiger partial charge in [0.05, 0.1) is 0 Å². The molecule has 2 atom stereocenters. The number of ether oxygens (including phenoxy) is 3. The van der Waals surface area contributed by atoms with Crippen molar-refractivity contribution in [1.82, 2.24) is 0 Å². The van der Waals surface area contributed by atoms with Gasteiger partial charge < -0.3 is 4.74 Å². The largest absolute Gasteiger partial charge is 0.462 e. The molecule has 1 aromatic rings. The summed E-state index contributed by atoms with van der Waals surface area (Å²) in [5, 5.41) is 0. The second-order valence-corrected chi connectivity index (χ2v) is 7.13. The van der Waals surface area contributed by atoms with E-state index in [0.29, 0.717) is 17.7 Å². The molecule has 0 aromatic heterocycles. The summed E-state index contributed by atoms with van der Waals surface area (Å²) in [6.07, 6.45) is -38.7. The van der Waals surface area contributed by atoms with Gasteiger partial charge in [-0.05, 0) is 37.1 Å². The second-order valence-electron chi connectivity index (χ2n) is 7.13. The molecule has 21 heteroatoms. The lowest BCUT2D eigenvalue weighted by Gasteiger charge is -2.39. The first-order valence-corrected chi connectivity index (χ1v) is 8.88. The molecule has 38 heavy (non-hydrogen) atoms. The van der Waals surface area contributed by atoms with Crippen molar-refractivity contribution in [2.24, 2.45) is 0 Å². The summed E-state index contributed by atoms with van der Waals surface area (Å²) < 4.78 is 230. The molecule has 0 unspecified atom stereocenters. The smallest absolute Gasteiger partial charge is 0.422 e. The summed E-state index contributed by atoms with van der Waals surface area (Å²) in [5.41, 5.74) is 0.398. The van der Waals surface area contributed by atoms with Gasteiger partial charge >= 0.3 is 54.3 Å². The Morgan fingerprint density at radius 1 is 0.605 bits per heavy atom. The zero-order valence-corrected chi connectivity index (χ0v) is 17.8. The highest BCUT2D eigenvalue weighted by molar-refractivity contribution is 5.81. The molecule has 0 radical (unpaired) electrons. The van der Waals surface area contributed by atoms with Crippen molar-refractivity contribution in [3.8, 4) is 5.75 Å². The van der Waals surface area contributed by atoms with Crippen LogP contribution in [0.5, 0.6) is 5.75 Å². The van der Waals surface area contributed by atoms with Gasteiger partial charge in [-0.2, -0.15) is 74.6 Å². The van der Waals surface area contributed by atoms with E-state index in [1.807, 2.05) is 4.74 Å². The molecule has 0 aliphatic heterocycles. The number of benzene rings is 1. The molecule has 0 bridgehead atoms. The van der Waals surface area contributed by atoms with Crippen LogP contribution in [0.1, 0.15) is 11.1 Å². The van der Waals surface area contributed by atoms with Crippen LogP contribution in [0.4, 0.5) is 74.6 Å². The molecule has 0 fully saturated rings. The zero-order valence-electron chi connectivity index (χ0n) is 17.8. The van der Waals surface area contributed by atoms with Gasteiger partial charge in [-0.25, -0.2) is 4.79 Å². The van der Waals surface area contributed by atoms with E-state index in [9.17, 15) is 79.4 Å². The van der Waals surface area contributed by atoms with Gasteiger partial charge in [0.1, 0.15) is 5.75 Å². The molecule has 220 valence electrons. The monoisotopic (exact) mass is 600 g/mol. The maximum absolute atomic E-state index is 14.4. The highest BCUT2D eigenvalue weighted by Crippen LogP contribution is 2.56. The Labute approximate surface area is 198 Å². The predicted molar refractivity (Wildman–Crippen MR) is 84.4 cm³/mol. The third-order valence-electron chi connectivity index (χ3n) is 4.31. The van der Waals surface area contributed by atoms with Gasteiger partial charge in [-0.3, -0.25) is 9.47 Å². The van der Waals surface area contributed by atoms with Crippen molar-refractivity contribution >= 4 is 5.97 Å². The molecular weight excluding hydrogens is 591 g/mol. The normalized spacial score (nSPS) is 17.6. The number of rotatable bonds is 8. The van der Waals surface area contributed by atoms with Crippen molar-refractivity contribution in [2.45, 2.75) is 62.2 Å². The van der Waals surface area contributed by atoms with E-state index >= 15 is 0 Å². The maximum Gasteiger partial charge on any atom is 0.462 e. The van der Waals surface area contributed by atoms with Gasteiger partial charge in [0.15, 0.2) is 0 Å². The minimum absolute atomic E-state index is 0.0686. The zero-order chi connectivity index (χ0) is 30.6. The lowest BCUT2D eigenvalue weighted by molar-refractivity contribution is -0.548. The summed E-state index contributed by atoms with van der Waals surface area (Å²) >= 11 is 0. The highest BCUT2D eigenvalue weighted by Gasteiger charge is 2.85. The first kappa shape index (κ1) is 33.4. The van der Waals surface area contributed by atoms with Gasteiger partial charge in [0, 0.05) is 0 Å². The van der Waals surface area contributed by atoms with E-state index in [-0.39, 0.29) is 5.56 Å². The number of hydrogen-bond donors (Lipinski definition) is 0. The molecule has 0 saturated heterocycles. The number of aryl methyl sites for hydroxylation is 2. The van der Waals surface area contributed by atoms with Gasteiger partial charge in [-0.1, -0.05) is 6.07 Å². The highest BCUT2D eigenvalue weighted by atomic mass is 19.4. The number of halogens is 17. The molecule has 0 spiro atoms. The number of alkyl halides is 17. The molecule has 4 nitrogen and oxygen atoms in total. The number of hydrogen-bond acceptors (Lipinski definition) is 4. The summed E-state index contributed by atoms with van der Waals surface area (Å²) in [4.78, 5) is 11.7. The summed E-state index contributed by atoms with van der Waals surface area (Å²) in [6, 6.07) is 2.18. The van der Waals surface area contributed by atoms with Crippen LogP contribution >= 0.6 is 0 Å². The van der Waals surface area contributed by atoms with E-state index in [4.69, 9.17) is 0 Å². The fourth-order valence-electron chi connectivity index (χ4n) is 2.10. The fourth-order valence-corrected chi connectivity index (χ4v) is 2.10. The van der Waals surface area contributed by atoms with Crippen LogP contribution in [0.25, 0.3) is 0 Å². The second kappa shape index (κ2) is 9.56. The number of carbonyl (C=O) groups is 1. The lowest BCUT2D eigenvalue weighted by Crippen LogP contribution is -2.68. The Hall–Kier alpha value is -2.58. The Balaban J connectivity index is 3.63. The Bertz CT molecular complexity index is 1030. The third kappa shape index (κ3) is 5.86. The minimum atomic E-state index is -8.08. The predicted octanol–water partition coefficient (Wildman–Crippen LogP) is 7.08. The first-order chi connectivity index (χ1) is 16.5. The molecule has 0 N–H and O–H groups in total. The summed E-state index contributed by atoms with van der Waals surface area (Å²) in [7, 11) is 0. The van der Waals surface area contributed by atoms with Gasteiger partial charge in [-0.15, -0.1) is 0 Å². The average molecular weight is 600 g/mol. The van der Waals surface area contributed by atoms with E-state index in [2.05, 4.69) is 4.74 Å². The molecule has 0 saturated carbocycles. The van der Waals surface area contributed by atoms with Crippen molar-refractivity contribution < 1.29 is 93.6 Å². The van der Waals surface area contributed by atoms with Crippen molar-refractivity contribution in [3.63, 3.8) is 0 Å². The molecule has 0 amide bonds. The van der Waals surface area contributed by atoms with Crippen LogP contribution in [0.15, 0.2) is 18.2 Å². The Kier molecular flexibility index (Phi) is 8.41. The van der Waals surface area contributed by atoms with Gasteiger partial charge in [0.25, 0.3) is 0 Å². The van der Waals surface area contributed by atoms with Crippen LogP contribution in [0.3, 0.4) is 0 Å². The topological polar surface area (TPSA) is 44.8 Å². The average Bonchev–Trinajstić information content (AvgIpc) is 2.67. The lowest BCUT2D eigenvalue weighted by atomic mass is 10.1. The van der Waals surface area contributed by atoms with Crippen molar-refractivity contribution in [2.75, 3.05) is 0 Å². The van der Waals surface area contributed by atoms with Crippen LogP contribution in [0.2, 0.25) is 0 Å². The van der Waals surface area contributed by atoms with E-state index in [1.165, 1.54) is 18.6 Å². The van der Waals surface area contributed by atoms with E-state index < -0.39 is 60.1 Å². The third-order valence-corrected chi connectivity index (χ3v) is 4.31. The first-order valence-electron chi connectivity index (χ1n) is 8.88. The number of esters is 1. The van der Waals surface area contributed by atoms with Gasteiger partial charge in [0.2, 0.25) is 0 Å². The molecular formula is C17H9F17O4. The quantitative estimate of drug-likeness (QED) is 0.182. The molecule has 0 heterocycles. The molecule has 1 aromatic carbocycles. The molecule has 0 aliphatic rings. The summed E-state index contributed by atoms with van der Waals surface area (Å²) in [6.45, 7) is 2.55. The Morgan fingerprint density at radius 2 is 1.08 bits per heavy atom. The standard InChI is InChI=1S/C17H9F17O4/c1-6-3-4-8(5-7(6)2)36-9(35)10(18,13(22,23)24)37-17(33,34)12(21,15(28,29)30)38-16(31,32)11(19,20)14(25,26)27/h3-5H,1-2H3/t10-,12+/m1/s1. The van der Waals surface area contributed by atoms with Crippen LogP contribution in [0, 0.1) is 13.8 Å². The molecule has 0 aliphatic carbocycles. The van der Waals surface area contributed by atoms with E-state index in [0.717, 1.165) is 6.07 Å². The maximum atomic E-state index is 14.4. The summed E-state index contributed by atoms with van der Waals surface area (Å²) in [5.74, 6) is -27.7. The van der Waals surface area contributed by atoms with Crippen molar-refractivity contribution in [1.29, 1.82) is 0 Å². The fraction of sp³-hybridized carbons (Fsp3) is 0.588. The van der Waals surface area contributed by atoms with Crippen molar-refractivity contribution in [3.05, 3.63) is 29.3 Å². The van der Waals surface area contributed by atoms with Crippen LogP contribution in [-0.4, -0.2) is 54.3 Å². The number of carbonyl (C=O) groups excluding carboxylic acids is 1. The Morgan fingerprint density at radius 3 is 1.45 bits per heavy atom. The van der Waals surface area contributed by atoms with E-state index in [1.54, 1.807) is 0 Å². The van der Waals surface area contributed by atoms with Crippen LogP contribution < -0.4 is 4.74 Å². The van der Waals surface area contributed by atoms with Crippen LogP contribution in [-0.2, 0) is 14.3 Å². The SMILES string of the molecule is Cc1ccc(OC(=O)[C@@](F)(OC(F)(F)[C@@](F)(OC(F)(F)C(F)(F)C(F)(F)F)C(F)(F)F)C(F)(F)F)cc1C. The minimum Gasteiger partial charge on any atom is -0.422 e.